The first-order valence-electron chi connectivity index (χ1n) is 6.27. The molecule has 3 unspecified atom stereocenters. The van der Waals surface area contributed by atoms with Crippen LogP contribution in [-0.4, -0.2) is 17.5 Å². The summed E-state index contributed by atoms with van der Waals surface area (Å²) in [4.78, 5) is 0. The van der Waals surface area contributed by atoms with Crippen LogP contribution < -0.4 is 5.32 Å². The SMILES string of the molecule is CC1CC(NC2CCSC2)c2ccccc21. The topological polar surface area (TPSA) is 12.0 Å². The summed E-state index contributed by atoms with van der Waals surface area (Å²) in [6, 6.07) is 10.3. The van der Waals surface area contributed by atoms with Gasteiger partial charge in [-0.1, -0.05) is 31.2 Å². The van der Waals surface area contributed by atoms with Crippen molar-refractivity contribution in [2.45, 2.75) is 37.8 Å². The van der Waals surface area contributed by atoms with Gasteiger partial charge in [-0.3, -0.25) is 0 Å². The molecule has 1 aromatic rings. The van der Waals surface area contributed by atoms with Crippen LogP contribution >= 0.6 is 11.8 Å². The summed E-state index contributed by atoms with van der Waals surface area (Å²) in [6.45, 7) is 2.35. The minimum Gasteiger partial charge on any atom is -0.306 e. The Bertz CT molecular complexity index is 371. The molecule has 1 N–H and O–H groups in total. The van der Waals surface area contributed by atoms with Crippen molar-refractivity contribution in [3.63, 3.8) is 0 Å². The van der Waals surface area contributed by atoms with E-state index in [9.17, 15) is 0 Å². The van der Waals surface area contributed by atoms with E-state index in [0.717, 1.165) is 12.0 Å². The Morgan fingerprint density at radius 3 is 2.81 bits per heavy atom. The summed E-state index contributed by atoms with van der Waals surface area (Å²) >= 11 is 2.09. The second kappa shape index (κ2) is 4.42. The molecule has 1 aliphatic heterocycles. The van der Waals surface area contributed by atoms with Crippen LogP contribution in [0.4, 0.5) is 0 Å². The van der Waals surface area contributed by atoms with E-state index in [1.165, 1.54) is 24.3 Å². The van der Waals surface area contributed by atoms with Crippen molar-refractivity contribution in [3.8, 4) is 0 Å². The third-order valence-corrected chi connectivity index (χ3v) is 5.02. The van der Waals surface area contributed by atoms with E-state index in [-0.39, 0.29) is 0 Å². The molecule has 2 aliphatic rings. The summed E-state index contributed by atoms with van der Waals surface area (Å²) in [5.41, 5.74) is 3.11. The van der Waals surface area contributed by atoms with Gasteiger partial charge in [0.05, 0.1) is 0 Å². The third-order valence-electron chi connectivity index (χ3n) is 3.86. The number of rotatable bonds is 2. The summed E-state index contributed by atoms with van der Waals surface area (Å²) in [6.07, 6.45) is 2.62. The Kier molecular flexibility index (Phi) is 2.95. The lowest BCUT2D eigenvalue weighted by Crippen LogP contribution is -2.31. The van der Waals surface area contributed by atoms with E-state index in [2.05, 4.69) is 48.3 Å². The molecule has 16 heavy (non-hydrogen) atoms. The number of fused-ring (bicyclic) bond motifs is 1. The molecule has 1 aromatic carbocycles. The summed E-state index contributed by atoms with van der Waals surface area (Å²) in [7, 11) is 0. The van der Waals surface area contributed by atoms with Gasteiger partial charge in [-0.15, -0.1) is 0 Å². The van der Waals surface area contributed by atoms with Crippen molar-refractivity contribution in [1.29, 1.82) is 0 Å². The van der Waals surface area contributed by atoms with E-state index < -0.39 is 0 Å². The maximum absolute atomic E-state index is 3.84. The first-order chi connectivity index (χ1) is 7.84. The first-order valence-corrected chi connectivity index (χ1v) is 7.42. The van der Waals surface area contributed by atoms with Crippen LogP contribution in [-0.2, 0) is 0 Å². The highest BCUT2D eigenvalue weighted by atomic mass is 32.2. The number of nitrogens with one attached hydrogen (secondary N) is 1. The van der Waals surface area contributed by atoms with Gasteiger partial charge in [0.25, 0.3) is 0 Å². The van der Waals surface area contributed by atoms with Crippen LogP contribution in [0.1, 0.15) is 42.9 Å². The average Bonchev–Trinajstić information content (AvgIpc) is 2.90. The third kappa shape index (κ3) is 1.89. The summed E-state index contributed by atoms with van der Waals surface area (Å²) < 4.78 is 0. The summed E-state index contributed by atoms with van der Waals surface area (Å²) in [5.74, 6) is 3.36. The molecular weight excluding hydrogens is 214 g/mol. The number of thioether (sulfide) groups is 1. The molecular formula is C14H19NS. The highest BCUT2D eigenvalue weighted by Crippen LogP contribution is 2.40. The normalized spacial score (nSPS) is 32.9. The largest absolute Gasteiger partial charge is 0.306 e. The molecule has 3 rings (SSSR count). The van der Waals surface area contributed by atoms with Crippen molar-refractivity contribution in [2.24, 2.45) is 0 Å². The molecule has 0 radical (unpaired) electrons. The van der Waals surface area contributed by atoms with E-state index in [1.807, 2.05) is 0 Å². The Morgan fingerprint density at radius 2 is 2.06 bits per heavy atom. The molecule has 3 atom stereocenters. The average molecular weight is 233 g/mol. The standard InChI is InChI=1S/C14H19NS/c1-10-8-14(15-11-6-7-16-9-11)13-5-3-2-4-12(10)13/h2-5,10-11,14-15H,6-9H2,1H3. The van der Waals surface area contributed by atoms with Crippen LogP contribution in [0.15, 0.2) is 24.3 Å². The van der Waals surface area contributed by atoms with Gasteiger partial charge in [0.2, 0.25) is 0 Å². The molecule has 1 aliphatic carbocycles. The molecule has 0 saturated carbocycles. The Morgan fingerprint density at radius 1 is 1.25 bits per heavy atom. The van der Waals surface area contributed by atoms with Crippen LogP contribution in [0, 0.1) is 0 Å². The first kappa shape index (κ1) is 10.7. The Balaban J connectivity index is 1.77. The van der Waals surface area contributed by atoms with Crippen LogP contribution in [0.25, 0.3) is 0 Å². The van der Waals surface area contributed by atoms with Gasteiger partial charge < -0.3 is 5.32 Å². The molecule has 86 valence electrons. The molecule has 1 heterocycles. The van der Waals surface area contributed by atoms with Gasteiger partial charge in [-0.05, 0) is 35.6 Å². The zero-order valence-corrected chi connectivity index (χ0v) is 10.6. The zero-order valence-electron chi connectivity index (χ0n) is 9.78. The Hall–Kier alpha value is -0.470. The molecule has 0 amide bonds. The monoisotopic (exact) mass is 233 g/mol. The lowest BCUT2D eigenvalue weighted by Gasteiger charge is -2.19. The molecule has 2 heteroatoms. The van der Waals surface area contributed by atoms with Crippen molar-refractivity contribution in [2.75, 3.05) is 11.5 Å². The second-order valence-electron chi connectivity index (χ2n) is 5.05. The highest BCUT2D eigenvalue weighted by Gasteiger charge is 2.29. The maximum atomic E-state index is 3.84. The molecule has 0 aromatic heterocycles. The fraction of sp³-hybridized carbons (Fsp3) is 0.571. The fourth-order valence-corrected chi connectivity index (χ4v) is 4.16. The molecule has 1 fully saturated rings. The molecule has 0 bridgehead atoms. The number of benzene rings is 1. The van der Waals surface area contributed by atoms with E-state index in [0.29, 0.717) is 6.04 Å². The quantitative estimate of drug-likeness (QED) is 0.841. The van der Waals surface area contributed by atoms with Gasteiger partial charge in [0, 0.05) is 17.8 Å². The highest BCUT2D eigenvalue weighted by molar-refractivity contribution is 7.99. The minimum atomic E-state index is 0.606. The lowest BCUT2D eigenvalue weighted by molar-refractivity contribution is 0.445. The smallest absolute Gasteiger partial charge is 0.0331 e. The predicted octanol–water partition coefficient (Wildman–Crippen LogP) is 3.33. The van der Waals surface area contributed by atoms with Gasteiger partial charge in [0.1, 0.15) is 0 Å². The number of hydrogen-bond acceptors (Lipinski definition) is 2. The van der Waals surface area contributed by atoms with Gasteiger partial charge in [-0.25, -0.2) is 0 Å². The van der Waals surface area contributed by atoms with Crippen molar-refractivity contribution < 1.29 is 0 Å². The van der Waals surface area contributed by atoms with Crippen LogP contribution in [0.2, 0.25) is 0 Å². The van der Waals surface area contributed by atoms with Gasteiger partial charge >= 0.3 is 0 Å². The summed E-state index contributed by atoms with van der Waals surface area (Å²) in [5, 5.41) is 3.84. The van der Waals surface area contributed by atoms with Crippen LogP contribution in [0.5, 0.6) is 0 Å². The van der Waals surface area contributed by atoms with Crippen LogP contribution in [0.3, 0.4) is 0 Å². The van der Waals surface area contributed by atoms with E-state index >= 15 is 0 Å². The predicted molar refractivity (Wildman–Crippen MR) is 71.1 cm³/mol. The van der Waals surface area contributed by atoms with E-state index in [4.69, 9.17) is 0 Å². The van der Waals surface area contributed by atoms with E-state index in [1.54, 1.807) is 11.1 Å². The maximum Gasteiger partial charge on any atom is 0.0331 e. The Labute approximate surface area is 102 Å². The lowest BCUT2D eigenvalue weighted by atomic mass is 10.0. The zero-order chi connectivity index (χ0) is 11.0. The van der Waals surface area contributed by atoms with Gasteiger partial charge in [0.15, 0.2) is 0 Å². The number of hydrogen-bond donors (Lipinski definition) is 1. The molecule has 0 spiro atoms. The van der Waals surface area contributed by atoms with Gasteiger partial charge in [-0.2, -0.15) is 11.8 Å². The second-order valence-corrected chi connectivity index (χ2v) is 6.20. The van der Waals surface area contributed by atoms with Crippen molar-refractivity contribution >= 4 is 11.8 Å². The fourth-order valence-electron chi connectivity index (χ4n) is 2.99. The molecule has 1 saturated heterocycles. The van der Waals surface area contributed by atoms with Crippen molar-refractivity contribution in [1.82, 2.24) is 5.32 Å². The van der Waals surface area contributed by atoms with Crippen molar-refractivity contribution in [3.05, 3.63) is 35.4 Å². The molecule has 1 nitrogen and oxygen atoms in total. The minimum absolute atomic E-state index is 0.606.